The van der Waals surface area contributed by atoms with Gasteiger partial charge < -0.3 is 4.52 Å². The average molecular weight is 372 g/mol. The van der Waals surface area contributed by atoms with E-state index in [1.165, 1.54) is 0 Å². The van der Waals surface area contributed by atoms with Gasteiger partial charge in [0.05, 0.1) is 10.0 Å². The predicted molar refractivity (Wildman–Crippen MR) is 67.4 cm³/mol. The molecule has 6 heteroatoms. The first-order valence-corrected chi connectivity index (χ1v) is 6.20. The molecule has 0 unspecified atom stereocenters. The Balaban J connectivity index is 2.64. The van der Waals surface area contributed by atoms with Crippen LogP contribution in [-0.2, 0) is 0 Å². The van der Waals surface area contributed by atoms with Gasteiger partial charge in [0.2, 0.25) is 4.67 Å². The van der Waals surface area contributed by atoms with Gasteiger partial charge in [-0.25, -0.2) is 0 Å². The van der Waals surface area contributed by atoms with Crippen molar-refractivity contribution in [3.05, 3.63) is 37.4 Å². The highest BCUT2D eigenvalue weighted by atomic mass is 79.9. The zero-order valence-electron chi connectivity index (χ0n) is 7.10. The van der Waals surface area contributed by atoms with Gasteiger partial charge in [0.25, 0.3) is 0 Å². The summed E-state index contributed by atoms with van der Waals surface area (Å²) in [5.41, 5.74) is 1.35. The Morgan fingerprint density at radius 2 is 1.93 bits per heavy atom. The molecule has 0 amide bonds. The first-order valence-electron chi connectivity index (χ1n) is 3.86. The summed E-state index contributed by atoms with van der Waals surface area (Å²) < 4.78 is 6.20. The van der Waals surface area contributed by atoms with Crippen LogP contribution in [-0.4, -0.2) is 5.16 Å². The lowest BCUT2D eigenvalue weighted by molar-refractivity contribution is 0.401. The molecular weight excluding hydrogens is 369 g/mol. The minimum absolute atomic E-state index is 0.459. The quantitative estimate of drug-likeness (QED) is 0.690. The molecule has 78 valence electrons. The Morgan fingerprint density at radius 3 is 2.53 bits per heavy atom. The van der Waals surface area contributed by atoms with Gasteiger partial charge in [0.15, 0.2) is 0 Å². The monoisotopic (exact) mass is 369 g/mol. The van der Waals surface area contributed by atoms with Gasteiger partial charge in [-0.05, 0) is 37.9 Å². The van der Waals surface area contributed by atoms with Crippen LogP contribution >= 0.6 is 55.1 Å². The highest BCUT2D eigenvalue weighted by Crippen LogP contribution is 2.39. The van der Waals surface area contributed by atoms with E-state index in [0.29, 0.717) is 24.9 Å². The maximum Gasteiger partial charge on any atom is 0.216 e. The van der Waals surface area contributed by atoms with Crippen molar-refractivity contribution in [3.63, 3.8) is 0 Å². The van der Waals surface area contributed by atoms with E-state index in [9.17, 15) is 0 Å². The molecule has 0 atom stereocenters. The number of halogens is 4. The van der Waals surface area contributed by atoms with Crippen molar-refractivity contribution in [2.75, 3.05) is 0 Å². The van der Waals surface area contributed by atoms with Gasteiger partial charge in [0, 0.05) is 5.56 Å². The molecule has 1 heterocycles. The van der Waals surface area contributed by atoms with E-state index in [4.69, 9.17) is 27.7 Å². The van der Waals surface area contributed by atoms with Crippen LogP contribution in [0, 0.1) is 0 Å². The van der Waals surface area contributed by atoms with Crippen LogP contribution in [0.5, 0.6) is 0 Å². The first kappa shape index (κ1) is 11.5. The van der Waals surface area contributed by atoms with Crippen molar-refractivity contribution < 1.29 is 4.52 Å². The number of hydrogen-bond donors (Lipinski definition) is 0. The van der Waals surface area contributed by atoms with E-state index < -0.39 is 0 Å². The largest absolute Gasteiger partial charge is 0.347 e. The minimum Gasteiger partial charge on any atom is -0.347 e. The van der Waals surface area contributed by atoms with Crippen molar-refractivity contribution in [3.8, 4) is 11.3 Å². The third-order valence-corrected chi connectivity index (χ3v) is 4.43. The van der Waals surface area contributed by atoms with Gasteiger partial charge in [-0.15, -0.1) is 0 Å². The summed E-state index contributed by atoms with van der Waals surface area (Å²) in [6.07, 6.45) is 0. The van der Waals surface area contributed by atoms with Gasteiger partial charge >= 0.3 is 0 Å². The molecule has 0 aliphatic carbocycles. The lowest BCUT2D eigenvalue weighted by atomic mass is 10.1. The van der Waals surface area contributed by atoms with Crippen molar-refractivity contribution in [2.45, 2.75) is 0 Å². The molecule has 0 radical (unpaired) electrons. The number of benzene rings is 1. The molecule has 0 bridgehead atoms. The normalized spacial score (nSPS) is 10.7. The number of hydrogen-bond acceptors (Lipinski definition) is 2. The Hall–Kier alpha value is -0.0300. The lowest BCUT2D eigenvalue weighted by Gasteiger charge is -2.01. The molecule has 2 rings (SSSR count). The van der Waals surface area contributed by atoms with Gasteiger partial charge in [0.1, 0.15) is 10.2 Å². The van der Waals surface area contributed by atoms with Gasteiger partial charge in [-0.1, -0.05) is 40.5 Å². The Bertz CT molecular complexity index is 513. The van der Waals surface area contributed by atoms with Crippen LogP contribution in [0.25, 0.3) is 11.3 Å². The fourth-order valence-electron chi connectivity index (χ4n) is 1.11. The van der Waals surface area contributed by atoms with Gasteiger partial charge in [-0.3, -0.25) is 0 Å². The van der Waals surface area contributed by atoms with Crippen molar-refractivity contribution in [1.82, 2.24) is 5.16 Å². The molecule has 0 aliphatic heterocycles. The van der Waals surface area contributed by atoms with Crippen molar-refractivity contribution in [2.24, 2.45) is 0 Å². The Kier molecular flexibility index (Phi) is 3.40. The second-order valence-corrected chi connectivity index (χ2v) is 5.02. The molecule has 0 saturated carbocycles. The molecule has 2 nitrogen and oxygen atoms in total. The van der Waals surface area contributed by atoms with Gasteiger partial charge in [-0.2, -0.15) is 0 Å². The topological polar surface area (TPSA) is 26.0 Å². The Labute approximate surface area is 113 Å². The number of aromatic nitrogens is 1. The number of nitrogens with zero attached hydrogens (tertiary/aromatic N) is 1. The molecule has 0 N–H and O–H groups in total. The first-order chi connectivity index (χ1) is 7.11. The average Bonchev–Trinajstić information content (AvgIpc) is 2.53. The summed E-state index contributed by atoms with van der Waals surface area (Å²) >= 11 is 18.5. The highest BCUT2D eigenvalue weighted by molar-refractivity contribution is 9.13. The molecular formula is C9H3Br2Cl2NO. The molecule has 1 aromatic heterocycles. The molecule has 0 aliphatic rings. The summed E-state index contributed by atoms with van der Waals surface area (Å²) in [5.74, 6) is 0. The summed E-state index contributed by atoms with van der Waals surface area (Å²) in [6, 6.07) is 5.35. The summed E-state index contributed by atoms with van der Waals surface area (Å²) in [6.45, 7) is 0. The molecule has 2 aromatic rings. The summed E-state index contributed by atoms with van der Waals surface area (Å²) in [4.78, 5) is 0. The van der Waals surface area contributed by atoms with E-state index in [1.54, 1.807) is 12.1 Å². The lowest BCUT2D eigenvalue weighted by Crippen LogP contribution is -1.81. The third kappa shape index (κ3) is 2.09. The van der Waals surface area contributed by atoms with E-state index in [1.807, 2.05) is 6.07 Å². The fourth-order valence-corrected chi connectivity index (χ4v) is 2.12. The van der Waals surface area contributed by atoms with Crippen LogP contribution in [0.4, 0.5) is 0 Å². The smallest absolute Gasteiger partial charge is 0.216 e. The summed E-state index contributed by atoms with van der Waals surface area (Å²) in [7, 11) is 0. The van der Waals surface area contributed by atoms with Crippen LogP contribution in [0.2, 0.25) is 10.0 Å². The summed E-state index contributed by atoms with van der Waals surface area (Å²) in [5, 5.41) is 4.82. The van der Waals surface area contributed by atoms with Crippen LogP contribution in [0.1, 0.15) is 0 Å². The molecule has 15 heavy (non-hydrogen) atoms. The number of rotatable bonds is 1. The van der Waals surface area contributed by atoms with Crippen LogP contribution in [0.3, 0.4) is 0 Å². The molecule has 0 fully saturated rings. The second kappa shape index (κ2) is 4.45. The SMILES string of the molecule is Clc1cccc(-c2noc(Br)c2Br)c1Cl. The van der Waals surface area contributed by atoms with E-state index in [-0.39, 0.29) is 0 Å². The molecule has 0 spiro atoms. The molecule has 0 saturated heterocycles. The van der Waals surface area contributed by atoms with E-state index in [2.05, 4.69) is 37.0 Å². The minimum atomic E-state index is 0.459. The standard InChI is InChI=1S/C9H3Br2Cl2NO/c10-6-8(14-15-9(6)11)4-2-1-3-5(12)7(4)13/h1-3H. The predicted octanol–water partition coefficient (Wildman–Crippen LogP) is 5.17. The highest BCUT2D eigenvalue weighted by Gasteiger charge is 2.16. The Morgan fingerprint density at radius 1 is 1.20 bits per heavy atom. The van der Waals surface area contributed by atoms with E-state index in [0.717, 1.165) is 5.56 Å². The van der Waals surface area contributed by atoms with Crippen LogP contribution < -0.4 is 0 Å². The molecule has 1 aromatic carbocycles. The van der Waals surface area contributed by atoms with Crippen LogP contribution in [0.15, 0.2) is 31.9 Å². The third-order valence-electron chi connectivity index (χ3n) is 1.80. The fraction of sp³-hybridized carbons (Fsp3) is 0. The van der Waals surface area contributed by atoms with Crippen molar-refractivity contribution >= 4 is 55.1 Å². The van der Waals surface area contributed by atoms with E-state index >= 15 is 0 Å². The zero-order valence-corrected chi connectivity index (χ0v) is 11.8. The second-order valence-electron chi connectivity index (χ2n) is 2.72. The maximum atomic E-state index is 6.06. The maximum absolute atomic E-state index is 6.06. The van der Waals surface area contributed by atoms with Crippen molar-refractivity contribution in [1.29, 1.82) is 0 Å². The zero-order chi connectivity index (χ0) is 11.0.